The molecule has 4 rings (SSSR count). The summed E-state index contributed by atoms with van der Waals surface area (Å²) in [4.78, 5) is 39.1. The maximum atomic E-state index is 12.6. The Hall–Kier alpha value is -2.73. The number of amides is 2. The molecule has 0 unspecified atom stereocenters. The van der Waals surface area contributed by atoms with Gasteiger partial charge in [0, 0.05) is 0 Å². The van der Waals surface area contributed by atoms with Gasteiger partial charge < -0.3 is 4.74 Å². The molecule has 6 heteroatoms. The lowest BCUT2D eigenvalue weighted by molar-refractivity contribution is -0.122. The van der Waals surface area contributed by atoms with Crippen molar-refractivity contribution >= 4 is 34.6 Å². The summed E-state index contributed by atoms with van der Waals surface area (Å²) < 4.78 is 5.52. The van der Waals surface area contributed by atoms with E-state index in [9.17, 15) is 14.4 Å². The van der Waals surface area contributed by atoms with E-state index in [4.69, 9.17) is 4.74 Å². The topological polar surface area (TPSA) is 63.7 Å². The largest absolute Gasteiger partial charge is 0.485 e. The van der Waals surface area contributed by atoms with Gasteiger partial charge in [0.2, 0.25) is 17.6 Å². The molecule has 2 atom stereocenters. The third-order valence-electron chi connectivity index (χ3n) is 4.77. The molecule has 1 aliphatic carbocycles. The van der Waals surface area contributed by atoms with Crippen LogP contribution in [0.25, 0.3) is 0 Å². The SMILES string of the molecule is O=C(COc1ccc(N2C(=O)[C@H]3CC=CC[C@H]3C2=O)cc1)c1cccs1. The van der Waals surface area contributed by atoms with Crippen molar-refractivity contribution in [2.24, 2.45) is 11.8 Å². The van der Waals surface area contributed by atoms with Crippen LogP contribution in [0.2, 0.25) is 0 Å². The van der Waals surface area contributed by atoms with Crippen molar-refractivity contribution in [3.63, 3.8) is 0 Å². The van der Waals surface area contributed by atoms with Crippen LogP contribution in [0.5, 0.6) is 5.75 Å². The average Bonchev–Trinajstić information content (AvgIpc) is 3.29. The van der Waals surface area contributed by atoms with Gasteiger partial charge in [-0.25, -0.2) is 0 Å². The summed E-state index contributed by atoms with van der Waals surface area (Å²) in [6, 6.07) is 10.3. The van der Waals surface area contributed by atoms with Crippen LogP contribution in [0, 0.1) is 11.8 Å². The van der Waals surface area contributed by atoms with Crippen LogP contribution in [0.4, 0.5) is 5.69 Å². The van der Waals surface area contributed by atoms with Gasteiger partial charge in [-0.15, -0.1) is 11.3 Å². The Morgan fingerprint density at radius 2 is 1.69 bits per heavy atom. The van der Waals surface area contributed by atoms with E-state index in [1.807, 2.05) is 23.6 Å². The zero-order chi connectivity index (χ0) is 18.1. The number of carbonyl (C=O) groups excluding carboxylic acids is 3. The van der Waals surface area contributed by atoms with Crippen LogP contribution in [0.3, 0.4) is 0 Å². The zero-order valence-electron chi connectivity index (χ0n) is 14.0. The summed E-state index contributed by atoms with van der Waals surface area (Å²) in [6.45, 7) is -0.0444. The minimum atomic E-state index is -0.244. The number of benzene rings is 1. The van der Waals surface area contributed by atoms with E-state index in [0.717, 1.165) is 0 Å². The van der Waals surface area contributed by atoms with Gasteiger partial charge in [-0.2, -0.15) is 0 Å². The molecular formula is C20H17NO4S. The summed E-state index contributed by atoms with van der Waals surface area (Å²) in [5.41, 5.74) is 0.548. The molecule has 1 aliphatic heterocycles. The minimum Gasteiger partial charge on any atom is -0.485 e. The van der Waals surface area contributed by atoms with Gasteiger partial charge in [0.15, 0.2) is 6.61 Å². The Balaban J connectivity index is 1.44. The van der Waals surface area contributed by atoms with Crippen molar-refractivity contribution in [1.82, 2.24) is 0 Å². The van der Waals surface area contributed by atoms with Crippen molar-refractivity contribution in [1.29, 1.82) is 0 Å². The van der Waals surface area contributed by atoms with E-state index < -0.39 is 0 Å². The van der Waals surface area contributed by atoms with Crippen LogP contribution < -0.4 is 9.64 Å². The maximum absolute atomic E-state index is 12.6. The van der Waals surface area contributed by atoms with Gasteiger partial charge in [-0.05, 0) is 48.6 Å². The second kappa shape index (κ2) is 6.88. The fourth-order valence-electron chi connectivity index (χ4n) is 3.40. The fraction of sp³-hybridized carbons (Fsp3) is 0.250. The highest BCUT2D eigenvalue weighted by Gasteiger charge is 2.47. The predicted molar refractivity (Wildman–Crippen MR) is 98.4 cm³/mol. The number of nitrogens with zero attached hydrogens (tertiary/aromatic N) is 1. The Bertz CT molecular complexity index is 844. The Morgan fingerprint density at radius 3 is 2.27 bits per heavy atom. The van der Waals surface area contributed by atoms with E-state index in [-0.39, 0.29) is 36.0 Å². The van der Waals surface area contributed by atoms with Crippen LogP contribution in [0.15, 0.2) is 53.9 Å². The number of allylic oxidation sites excluding steroid dienone is 2. The number of imide groups is 1. The first-order valence-electron chi connectivity index (χ1n) is 8.47. The van der Waals surface area contributed by atoms with Gasteiger partial charge in [0.05, 0.1) is 22.4 Å². The first-order valence-corrected chi connectivity index (χ1v) is 9.35. The molecule has 2 aromatic rings. The number of ketones is 1. The molecule has 26 heavy (non-hydrogen) atoms. The lowest BCUT2D eigenvalue weighted by atomic mass is 9.85. The smallest absolute Gasteiger partial charge is 0.238 e. The maximum Gasteiger partial charge on any atom is 0.238 e. The summed E-state index contributed by atoms with van der Waals surface area (Å²) in [7, 11) is 0. The van der Waals surface area contributed by atoms with Crippen molar-refractivity contribution in [3.8, 4) is 5.75 Å². The highest BCUT2D eigenvalue weighted by atomic mass is 32.1. The van der Waals surface area contributed by atoms with E-state index in [1.54, 1.807) is 30.3 Å². The van der Waals surface area contributed by atoms with Crippen LogP contribution >= 0.6 is 11.3 Å². The molecule has 1 fully saturated rings. The monoisotopic (exact) mass is 367 g/mol. The van der Waals surface area contributed by atoms with E-state index in [1.165, 1.54) is 16.2 Å². The molecule has 0 bridgehead atoms. The van der Waals surface area contributed by atoms with Crippen LogP contribution in [0.1, 0.15) is 22.5 Å². The molecule has 1 aromatic carbocycles. The lowest BCUT2D eigenvalue weighted by Gasteiger charge is -2.15. The molecule has 5 nitrogen and oxygen atoms in total. The van der Waals surface area contributed by atoms with Crippen molar-refractivity contribution in [3.05, 3.63) is 58.8 Å². The molecule has 2 heterocycles. The Morgan fingerprint density at radius 1 is 1.04 bits per heavy atom. The third kappa shape index (κ3) is 2.97. The molecule has 0 saturated carbocycles. The van der Waals surface area contributed by atoms with Crippen molar-refractivity contribution in [2.75, 3.05) is 11.5 Å². The summed E-state index contributed by atoms with van der Waals surface area (Å²) in [5, 5.41) is 1.85. The number of thiophene rings is 1. The number of ether oxygens (including phenoxy) is 1. The average molecular weight is 367 g/mol. The van der Waals surface area contributed by atoms with Crippen LogP contribution in [-0.4, -0.2) is 24.2 Å². The molecule has 132 valence electrons. The quantitative estimate of drug-likeness (QED) is 0.461. The second-order valence-electron chi connectivity index (χ2n) is 6.35. The number of hydrogen-bond donors (Lipinski definition) is 0. The van der Waals surface area contributed by atoms with Crippen molar-refractivity contribution < 1.29 is 19.1 Å². The van der Waals surface area contributed by atoms with E-state index in [2.05, 4.69) is 0 Å². The van der Waals surface area contributed by atoms with Gasteiger partial charge in [-0.1, -0.05) is 18.2 Å². The Labute approximate surface area is 154 Å². The summed E-state index contributed by atoms with van der Waals surface area (Å²) in [6.07, 6.45) is 5.18. The zero-order valence-corrected chi connectivity index (χ0v) is 14.8. The first-order chi connectivity index (χ1) is 12.6. The molecule has 0 N–H and O–H groups in total. The number of Topliss-reactive ketones (excluding diaryl/α,β-unsaturated/α-hetero) is 1. The predicted octanol–water partition coefficient (Wildman–Crippen LogP) is 3.47. The number of fused-ring (bicyclic) bond motifs is 1. The number of anilines is 1. The minimum absolute atomic E-state index is 0.0444. The normalized spacial score (nSPS) is 21.8. The highest BCUT2D eigenvalue weighted by Crippen LogP contribution is 2.37. The van der Waals surface area contributed by atoms with Gasteiger partial charge in [0.25, 0.3) is 0 Å². The molecular weight excluding hydrogens is 350 g/mol. The lowest BCUT2D eigenvalue weighted by Crippen LogP contribution is -2.30. The molecule has 0 spiro atoms. The molecule has 2 aliphatic rings. The van der Waals surface area contributed by atoms with Crippen molar-refractivity contribution in [2.45, 2.75) is 12.8 Å². The standard InChI is InChI=1S/C20H17NO4S/c22-17(18-6-3-11-26-18)12-25-14-9-7-13(8-10-14)21-19(23)15-4-1-2-5-16(15)20(21)24/h1-3,6-11,15-16H,4-5,12H2/t15-,16+. The Kier molecular flexibility index (Phi) is 4.42. The molecule has 1 saturated heterocycles. The van der Waals surface area contributed by atoms with E-state index >= 15 is 0 Å². The van der Waals surface area contributed by atoms with Gasteiger partial charge >= 0.3 is 0 Å². The molecule has 2 amide bonds. The molecule has 1 aromatic heterocycles. The van der Waals surface area contributed by atoms with Crippen LogP contribution in [-0.2, 0) is 9.59 Å². The number of rotatable bonds is 5. The van der Waals surface area contributed by atoms with Gasteiger partial charge in [-0.3, -0.25) is 19.3 Å². The first kappa shape index (κ1) is 16.7. The third-order valence-corrected chi connectivity index (χ3v) is 5.68. The summed E-state index contributed by atoms with van der Waals surface area (Å²) in [5.74, 6) is -0.308. The fourth-order valence-corrected chi connectivity index (χ4v) is 4.05. The summed E-state index contributed by atoms with van der Waals surface area (Å²) >= 11 is 1.38. The highest BCUT2D eigenvalue weighted by molar-refractivity contribution is 7.12. The van der Waals surface area contributed by atoms with Gasteiger partial charge in [0.1, 0.15) is 5.75 Å². The molecule has 0 radical (unpaired) electrons. The number of hydrogen-bond acceptors (Lipinski definition) is 5. The second-order valence-corrected chi connectivity index (χ2v) is 7.30. The van der Waals surface area contributed by atoms with E-state index in [0.29, 0.717) is 29.2 Å². The number of carbonyl (C=O) groups is 3.